The maximum absolute atomic E-state index is 11.3. The summed E-state index contributed by atoms with van der Waals surface area (Å²) in [7, 11) is 0. The van der Waals surface area contributed by atoms with E-state index in [-0.39, 0.29) is 12.2 Å². The fourth-order valence-corrected chi connectivity index (χ4v) is 1.35. The molecule has 3 nitrogen and oxygen atoms in total. The van der Waals surface area contributed by atoms with Crippen LogP contribution in [0.15, 0.2) is 30.4 Å². The number of hydrogen-bond acceptors (Lipinski definition) is 3. The molecule has 0 N–H and O–H groups in total. The number of carbonyl (C=O) groups excluding carboxylic acids is 1. The van der Waals surface area contributed by atoms with Gasteiger partial charge in [0.05, 0.1) is 12.2 Å². The largest absolute Gasteiger partial charge is 0.488 e. The molecule has 0 unspecified atom stereocenters. The molecule has 0 saturated carbocycles. The quantitative estimate of drug-likeness (QED) is 0.598. The van der Waals surface area contributed by atoms with Crippen LogP contribution in [0.3, 0.4) is 0 Å². The van der Waals surface area contributed by atoms with Crippen LogP contribution in [0.2, 0.25) is 5.02 Å². The Morgan fingerprint density at radius 2 is 2.18 bits per heavy atom. The van der Waals surface area contributed by atoms with Crippen LogP contribution in [0.25, 0.3) is 0 Å². The highest BCUT2D eigenvalue weighted by molar-refractivity contribution is 6.30. The van der Waals surface area contributed by atoms with E-state index in [1.54, 1.807) is 19.1 Å². The summed E-state index contributed by atoms with van der Waals surface area (Å²) in [4.78, 5) is 11.3. The predicted molar refractivity (Wildman–Crippen MR) is 67.5 cm³/mol. The summed E-state index contributed by atoms with van der Waals surface area (Å²) in [6, 6.07) is 5.34. The molecule has 1 aromatic rings. The lowest BCUT2D eigenvalue weighted by Gasteiger charge is -2.10. The molecule has 0 saturated heterocycles. The number of benzene rings is 1. The van der Waals surface area contributed by atoms with Gasteiger partial charge in [-0.1, -0.05) is 24.2 Å². The molecule has 0 heterocycles. The molecular weight excluding hydrogens is 240 g/mol. The highest BCUT2D eigenvalue weighted by atomic mass is 35.5. The number of aryl methyl sites for hydroxylation is 1. The molecule has 0 fully saturated rings. The molecule has 4 heteroatoms. The van der Waals surface area contributed by atoms with Crippen molar-refractivity contribution in [3.63, 3.8) is 0 Å². The average molecular weight is 255 g/mol. The van der Waals surface area contributed by atoms with Crippen LogP contribution in [-0.2, 0) is 9.53 Å². The summed E-state index contributed by atoms with van der Waals surface area (Å²) in [6.07, 6.45) is 0. The Balaban J connectivity index is 2.58. The minimum absolute atomic E-state index is 0.0972. The van der Waals surface area contributed by atoms with Gasteiger partial charge in [-0.05, 0) is 31.5 Å². The third kappa shape index (κ3) is 4.11. The van der Waals surface area contributed by atoms with E-state index in [9.17, 15) is 4.79 Å². The first kappa shape index (κ1) is 13.6. The second kappa shape index (κ2) is 6.30. The first-order valence-corrected chi connectivity index (χ1v) is 5.66. The molecule has 17 heavy (non-hydrogen) atoms. The maximum atomic E-state index is 11.3. The summed E-state index contributed by atoms with van der Waals surface area (Å²) < 4.78 is 10.3. The van der Waals surface area contributed by atoms with Gasteiger partial charge < -0.3 is 9.47 Å². The van der Waals surface area contributed by atoms with Crippen molar-refractivity contribution in [2.24, 2.45) is 0 Å². The predicted octanol–water partition coefficient (Wildman–Crippen LogP) is 3.15. The van der Waals surface area contributed by atoms with E-state index in [2.05, 4.69) is 6.58 Å². The molecular formula is C13H15ClO3. The molecule has 92 valence electrons. The highest BCUT2D eigenvalue weighted by Crippen LogP contribution is 2.22. The maximum Gasteiger partial charge on any atom is 0.336 e. The number of ether oxygens (including phenoxy) is 2. The van der Waals surface area contributed by atoms with Crippen molar-refractivity contribution in [1.82, 2.24) is 0 Å². The standard InChI is InChI=1S/C13H15ClO3/c1-4-16-13(15)10(3)8-17-12-7-11(14)6-5-9(12)2/h5-7H,3-4,8H2,1-2H3. The van der Waals surface area contributed by atoms with Gasteiger partial charge in [-0.3, -0.25) is 0 Å². The number of carbonyl (C=O) groups is 1. The zero-order valence-corrected chi connectivity index (χ0v) is 10.7. The van der Waals surface area contributed by atoms with Gasteiger partial charge in [-0.15, -0.1) is 0 Å². The zero-order chi connectivity index (χ0) is 12.8. The second-order valence-electron chi connectivity index (χ2n) is 3.52. The first-order chi connectivity index (χ1) is 8.04. The fraction of sp³-hybridized carbons (Fsp3) is 0.308. The Kier molecular flexibility index (Phi) is 5.04. The third-order valence-corrected chi connectivity index (χ3v) is 2.35. The summed E-state index contributed by atoms with van der Waals surface area (Å²) in [5.74, 6) is 0.204. The van der Waals surface area contributed by atoms with Crippen molar-refractivity contribution in [2.75, 3.05) is 13.2 Å². The molecule has 0 amide bonds. The lowest BCUT2D eigenvalue weighted by atomic mass is 10.2. The van der Waals surface area contributed by atoms with Crippen molar-refractivity contribution >= 4 is 17.6 Å². The van der Waals surface area contributed by atoms with E-state index >= 15 is 0 Å². The molecule has 0 atom stereocenters. The molecule has 0 aliphatic heterocycles. The molecule has 0 aromatic heterocycles. The van der Waals surface area contributed by atoms with Crippen molar-refractivity contribution in [3.8, 4) is 5.75 Å². The summed E-state index contributed by atoms with van der Waals surface area (Å²) >= 11 is 5.85. The van der Waals surface area contributed by atoms with Gasteiger partial charge in [0.25, 0.3) is 0 Å². The lowest BCUT2D eigenvalue weighted by molar-refractivity contribution is -0.138. The van der Waals surface area contributed by atoms with Crippen LogP contribution < -0.4 is 4.74 Å². The van der Waals surface area contributed by atoms with E-state index in [4.69, 9.17) is 21.1 Å². The summed E-state index contributed by atoms with van der Waals surface area (Å²) in [5, 5.41) is 0.590. The first-order valence-electron chi connectivity index (χ1n) is 5.28. The summed E-state index contributed by atoms with van der Waals surface area (Å²) in [5.41, 5.74) is 1.23. The van der Waals surface area contributed by atoms with Crippen molar-refractivity contribution in [3.05, 3.63) is 40.9 Å². The molecule has 0 bridgehead atoms. The van der Waals surface area contributed by atoms with Crippen LogP contribution >= 0.6 is 11.6 Å². The monoisotopic (exact) mass is 254 g/mol. The van der Waals surface area contributed by atoms with Gasteiger partial charge in [0.2, 0.25) is 0 Å². The number of hydrogen-bond donors (Lipinski definition) is 0. The number of esters is 1. The Morgan fingerprint density at radius 3 is 2.82 bits per heavy atom. The van der Waals surface area contributed by atoms with E-state index < -0.39 is 5.97 Å². The molecule has 0 radical (unpaired) electrons. The van der Waals surface area contributed by atoms with E-state index in [0.29, 0.717) is 17.4 Å². The topological polar surface area (TPSA) is 35.5 Å². The number of halogens is 1. The molecule has 0 aliphatic carbocycles. The number of rotatable bonds is 5. The van der Waals surface area contributed by atoms with Gasteiger partial charge in [-0.25, -0.2) is 4.79 Å². The molecule has 1 aromatic carbocycles. The lowest BCUT2D eigenvalue weighted by Crippen LogP contribution is -2.13. The van der Waals surface area contributed by atoms with Crippen LogP contribution in [0, 0.1) is 6.92 Å². The normalized spacial score (nSPS) is 9.82. The van der Waals surface area contributed by atoms with Gasteiger partial charge >= 0.3 is 5.97 Å². The van der Waals surface area contributed by atoms with E-state index in [0.717, 1.165) is 5.56 Å². The minimum Gasteiger partial charge on any atom is -0.488 e. The molecule has 0 spiro atoms. The Labute approximate surface area is 106 Å². The van der Waals surface area contributed by atoms with Crippen molar-refractivity contribution < 1.29 is 14.3 Å². The summed E-state index contributed by atoms with van der Waals surface area (Å²) in [6.45, 7) is 7.68. The van der Waals surface area contributed by atoms with Crippen molar-refractivity contribution in [2.45, 2.75) is 13.8 Å². The van der Waals surface area contributed by atoms with Crippen LogP contribution in [0.5, 0.6) is 5.75 Å². The third-order valence-electron chi connectivity index (χ3n) is 2.12. The average Bonchev–Trinajstić information content (AvgIpc) is 2.30. The van der Waals surface area contributed by atoms with Gasteiger partial charge in [0, 0.05) is 5.02 Å². The van der Waals surface area contributed by atoms with Gasteiger partial charge in [-0.2, -0.15) is 0 Å². The zero-order valence-electron chi connectivity index (χ0n) is 9.96. The van der Waals surface area contributed by atoms with E-state index in [1.165, 1.54) is 0 Å². The smallest absolute Gasteiger partial charge is 0.336 e. The fourth-order valence-electron chi connectivity index (χ4n) is 1.19. The Hall–Kier alpha value is -1.48. The highest BCUT2D eigenvalue weighted by Gasteiger charge is 2.09. The second-order valence-corrected chi connectivity index (χ2v) is 3.96. The van der Waals surface area contributed by atoms with Crippen molar-refractivity contribution in [1.29, 1.82) is 0 Å². The van der Waals surface area contributed by atoms with Crippen LogP contribution in [0.4, 0.5) is 0 Å². The van der Waals surface area contributed by atoms with Gasteiger partial charge in [0.15, 0.2) is 0 Å². The Morgan fingerprint density at radius 1 is 1.47 bits per heavy atom. The van der Waals surface area contributed by atoms with Gasteiger partial charge in [0.1, 0.15) is 12.4 Å². The minimum atomic E-state index is -0.438. The SMILES string of the molecule is C=C(COc1cc(Cl)ccc1C)C(=O)OCC. The molecule has 0 aliphatic rings. The van der Waals surface area contributed by atoms with Crippen LogP contribution in [-0.4, -0.2) is 19.2 Å². The Bertz CT molecular complexity index is 427. The van der Waals surface area contributed by atoms with Crippen LogP contribution in [0.1, 0.15) is 12.5 Å². The molecule has 1 rings (SSSR count). The van der Waals surface area contributed by atoms with E-state index in [1.807, 2.05) is 13.0 Å².